The van der Waals surface area contributed by atoms with E-state index in [1.807, 2.05) is 34.1 Å². The highest BCUT2D eigenvalue weighted by atomic mass is 35.5. The van der Waals surface area contributed by atoms with Crippen molar-refractivity contribution in [2.75, 3.05) is 0 Å². The average molecular weight is 283 g/mol. The number of hydrogen-bond acceptors (Lipinski definition) is 4. The minimum absolute atomic E-state index is 0.0407. The minimum atomic E-state index is -0.0407. The van der Waals surface area contributed by atoms with Gasteiger partial charge in [0.15, 0.2) is 0 Å². The van der Waals surface area contributed by atoms with Crippen LogP contribution in [0.15, 0.2) is 6.20 Å². The lowest BCUT2D eigenvalue weighted by atomic mass is 10.0. The van der Waals surface area contributed by atoms with Crippen LogP contribution in [0.5, 0.6) is 0 Å². The number of aryl methyl sites for hydroxylation is 4. The van der Waals surface area contributed by atoms with Gasteiger partial charge < -0.3 is 0 Å². The van der Waals surface area contributed by atoms with E-state index in [4.69, 9.17) is 17.4 Å². The molecule has 0 saturated carbocycles. The third-order valence-electron chi connectivity index (χ3n) is 3.29. The number of aromatic nitrogens is 4. The average Bonchev–Trinajstić information content (AvgIpc) is 2.79. The Hall–Kier alpha value is -1.37. The molecule has 1 atom stereocenters. The van der Waals surface area contributed by atoms with Crippen molar-refractivity contribution in [1.29, 1.82) is 0 Å². The highest BCUT2D eigenvalue weighted by Gasteiger charge is 2.20. The second-order valence-electron chi connectivity index (χ2n) is 4.74. The van der Waals surface area contributed by atoms with E-state index in [0.29, 0.717) is 11.4 Å². The summed E-state index contributed by atoms with van der Waals surface area (Å²) in [5.41, 5.74) is 6.65. The molecular weight excluding hydrogens is 264 g/mol. The summed E-state index contributed by atoms with van der Waals surface area (Å²) in [7, 11) is 3.78. The molecule has 0 amide bonds. The van der Waals surface area contributed by atoms with Gasteiger partial charge in [0.2, 0.25) is 0 Å². The zero-order chi connectivity index (χ0) is 14.2. The Morgan fingerprint density at radius 1 is 1.32 bits per heavy atom. The molecule has 2 heterocycles. The highest BCUT2D eigenvalue weighted by Crippen LogP contribution is 2.26. The normalized spacial score (nSPS) is 12.9. The Kier molecular flexibility index (Phi) is 3.93. The molecule has 6 nitrogen and oxygen atoms in total. The van der Waals surface area contributed by atoms with E-state index >= 15 is 0 Å². The van der Waals surface area contributed by atoms with Gasteiger partial charge in [-0.15, -0.1) is 0 Å². The standard InChI is InChI=1S/C12H19ClN6/c1-7-9(6-18(3)16-7)10(15-14)5-11-12(13)8(2)17-19(11)4/h6,10,15H,5,14H2,1-4H3. The largest absolute Gasteiger partial charge is 0.275 e. The first kappa shape index (κ1) is 14.0. The number of nitrogens with one attached hydrogen (secondary N) is 1. The molecule has 2 rings (SSSR count). The lowest BCUT2D eigenvalue weighted by Gasteiger charge is -2.15. The minimum Gasteiger partial charge on any atom is -0.275 e. The van der Waals surface area contributed by atoms with Crippen LogP contribution in [0.3, 0.4) is 0 Å². The second kappa shape index (κ2) is 5.32. The van der Waals surface area contributed by atoms with Crippen molar-refractivity contribution in [3.05, 3.63) is 33.9 Å². The van der Waals surface area contributed by atoms with Crippen molar-refractivity contribution < 1.29 is 0 Å². The van der Waals surface area contributed by atoms with Crippen LogP contribution in [0.4, 0.5) is 0 Å². The Morgan fingerprint density at radius 3 is 2.42 bits per heavy atom. The summed E-state index contributed by atoms with van der Waals surface area (Å²) in [6, 6.07) is -0.0407. The Balaban J connectivity index is 2.31. The summed E-state index contributed by atoms with van der Waals surface area (Å²) in [4.78, 5) is 0. The summed E-state index contributed by atoms with van der Waals surface area (Å²) in [5, 5.41) is 9.35. The third kappa shape index (κ3) is 2.65. The number of hydrazine groups is 1. The van der Waals surface area contributed by atoms with E-state index in [-0.39, 0.29) is 6.04 Å². The molecule has 0 saturated heterocycles. The van der Waals surface area contributed by atoms with E-state index in [0.717, 1.165) is 22.6 Å². The molecule has 0 aliphatic carbocycles. The highest BCUT2D eigenvalue weighted by molar-refractivity contribution is 6.31. The molecule has 0 bridgehead atoms. The van der Waals surface area contributed by atoms with E-state index < -0.39 is 0 Å². The van der Waals surface area contributed by atoms with Gasteiger partial charge in [-0.3, -0.25) is 20.6 Å². The molecule has 0 aliphatic heterocycles. The molecule has 104 valence electrons. The topological polar surface area (TPSA) is 73.7 Å². The van der Waals surface area contributed by atoms with Crippen molar-refractivity contribution >= 4 is 11.6 Å². The van der Waals surface area contributed by atoms with Gasteiger partial charge in [0.1, 0.15) is 0 Å². The summed E-state index contributed by atoms with van der Waals surface area (Å²) in [5.74, 6) is 5.68. The van der Waals surface area contributed by atoms with Gasteiger partial charge in [-0.05, 0) is 13.8 Å². The molecule has 19 heavy (non-hydrogen) atoms. The molecule has 1 unspecified atom stereocenters. The van der Waals surface area contributed by atoms with Gasteiger partial charge in [0.25, 0.3) is 0 Å². The molecule has 0 aromatic carbocycles. The maximum absolute atomic E-state index is 6.27. The van der Waals surface area contributed by atoms with Crippen LogP contribution in [0, 0.1) is 13.8 Å². The van der Waals surface area contributed by atoms with Crippen LogP contribution in [0.25, 0.3) is 0 Å². The molecule has 0 spiro atoms. The van der Waals surface area contributed by atoms with Crippen LogP contribution in [0.1, 0.15) is 28.7 Å². The molecule has 3 N–H and O–H groups in total. The summed E-state index contributed by atoms with van der Waals surface area (Å²) < 4.78 is 3.58. The van der Waals surface area contributed by atoms with Crippen LogP contribution < -0.4 is 11.3 Å². The van der Waals surface area contributed by atoms with E-state index in [1.54, 1.807) is 9.36 Å². The predicted octanol–water partition coefficient (Wildman–Crippen LogP) is 1.17. The number of nitrogens with two attached hydrogens (primary N) is 1. The second-order valence-corrected chi connectivity index (χ2v) is 5.11. The first-order valence-corrected chi connectivity index (χ1v) is 6.46. The van der Waals surface area contributed by atoms with E-state index in [1.165, 1.54) is 0 Å². The third-order valence-corrected chi connectivity index (χ3v) is 3.78. The first-order valence-electron chi connectivity index (χ1n) is 6.08. The van der Waals surface area contributed by atoms with E-state index in [9.17, 15) is 0 Å². The Morgan fingerprint density at radius 2 is 2.00 bits per heavy atom. The van der Waals surface area contributed by atoms with Crippen LogP contribution in [0.2, 0.25) is 5.02 Å². The lowest BCUT2D eigenvalue weighted by Crippen LogP contribution is -2.30. The molecule has 0 fully saturated rings. The Bertz CT molecular complexity index is 585. The summed E-state index contributed by atoms with van der Waals surface area (Å²) in [6.07, 6.45) is 2.64. The molecule has 7 heteroatoms. The molecule has 0 aliphatic rings. The van der Waals surface area contributed by atoms with Gasteiger partial charge in [-0.25, -0.2) is 0 Å². The molecule has 2 aromatic rings. The van der Waals surface area contributed by atoms with Crippen LogP contribution in [-0.2, 0) is 20.5 Å². The van der Waals surface area contributed by atoms with Crippen molar-refractivity contribution in [2.45, 2.75) is 26.3 Å². The molecular formula is C12H19ClN6. The Labute approximate surface area is 117 Å². The van der Waals surface area contributed by atoms with E-state index in [2.05, 4.69) is 15.6 Å². The van der Waals surface area contributed by atoms with Gasteiger partial charge in [-0.1, -0.05) is 11.6 Å². The fourth-order valence-electron chi connectivity index (χ4n) is 2.31. The predicted molar refractivity (Wildman–Crippen MR) is 74.7 cm³/mol. The summed E-state index contributed by atoms with van der Waals surface area (Å²) >= 11 is 6.27. The summed E-state index contributed by atoms with van der Waals surface area (Å²) in [6.45, 7) is 3.86. The van der Waals surface area contributed by atoms with Crippen LogP contribution >= 0.6 is 11.6 Å². The van der Waals surface area contributed by atoms with Crippen molar-refractivity contribution in [3.63, 3.8) is 0 Å². The van der Waals surface area contributed by atoms with Gasteiger partial charge >= 0.3 is 0 Å². The maximum Gasteiger partial charge on any atom is 0.0847 e. The van der Waals surface area contributed by atoms with Gasteiger partial charge in [-0.2, -0.15) is 10.2 Å². The smallest absolute Gasteiger partial charge is 0.0847 e. The number of rotatable bonds is 4. The van der Waals surface area contributed by atoms with Crippen molar-refractivity contribution in [2.24, 2.45) is 19.9 Å². The zero-order valence-corrected chi connectivity index (χ0v) is 12.4. The van der Waals surface area contributed by atoms with Gasteiger partial charge in [0.05, 0.1) is 28.1 Å². The van der Waals surface area contributed by atoms with Crippen molar-refractivity contribution in [3.8, 4) is 0 Å². The SMILES string of the molecule is Cc1nn(C)cc1C(Cc1c(Cl)c(C)nn1C)NN. The lowest BCUT2D eigenvalue weighted by molar-refractivity contribution is 0.527. The van der Waals surface area contributed by atoms with Crippen LogP contribution in [-0.4, -0.2) is 19.6 Å². The zero-order valence-electron chi connectivity index (χ0n) is 11.6. The number of hydrogen-bond donors (Lipinski definition) is 2. The monoisotopic (exact) mass is 282 g/mol. The fraction of sp³-hybridized carbons (Fsp3) is 0.500. The maximum atomic E-state index is 6.27. The quantitative estimate of drug-likeness (QED) is 0.652. The number of halogens is 1. The molecule has 0 radical (unpaired) electrons. The first-order chi connectivity index (χ1) is 8.93. The number of nitrogens with zero attached hydrogens (tertiary/aromatic N) is 4. The molecule has 2 aromatic heterocycles. The van der Waals surface area contributed by atoms with Gasteiger partial charge in [0, 0.05) is 32.3 Å². The van der Waals surface area contributed by atoms with Crippen molar-refractivity contribution in [1.82, 2.24) is 25.0 Å². The fourth-order valence-corrected chi connectivity index (χ4v) is 2.55.